The molecule has 0 fully saturated rings. The standard InChI is InChI=1S/C15H14N2O2/c1-18-15-7-6-13(8-14(15)17)19-10-12-5-3-2-4-11(12)9-16/h2-8H,10,17H2,1H3. The van der Waals surface area contributed by atoms with Crippen LogP contribution in [0.5, 0.6) is 11.5 Å². The molecule has 4 heteroatoms. The highest BCUT2D eigenvalue weighted by molar-refractivity contribution is 5.56. The van der Waals surface area contributed by atoms with Crippen molar-refractivity contribution < 1.29 is 9.47 Å². The van der Waals surface area contributed by atoms with E-state index in [-0.39, 0.29) is 0 Å². The van der Waals surface area contributed by atoms with Crippen molar-refractivity contribution >= 4 is 5.69 Å². The second kappa shape index (κ2) is 5.78. The summed E-state index contributed by atoms with van der Waals surface area (Å²) in [6, 6.07) is 14.7. The molecule has 0 saturated heterocycles. The van der Waals surface area contributed by atoms with Crippen molar-refractivity contribution in [2.24, 2.45) is 0 Å². The van der Waals surface area contributed by atoms with E-state index in [1.54, 1.807) is 31.4 Å². The summed E-state index contributed by atoms with van der Waals surface area (Å²) < 4.78 is 10.7. The van der Waals surface area contributed by atoms with Crippen molar-refractivity contribution in [3.63, 3.8) is 0 Å². The van der Waals surface area contributed by atoms with Crippen LogP contribution in [0, 0.1) is 11.3 Å². The van der Waals surface area contributed by atoms with Crippen molar-refractivity contribution in [1.82, 2.24) is 0 Å². The van der Waals surface area contributed by atoms with Crippen LogP contribution in [0.3, 0.4) is 0 Å². The van der Waals surface area contributed by atoms with Crippen molar-refractivity contribution in [3.8, 4) is 17.6 Å². The Morgan fingerprint density at radius 1 is 1.21 bits per heavy atom. The Bertz CT molecular complexity index is 618. The maximum absolute atomic E-state index is 8.99. The van der Waals surface area contributed by atoms with Crippen LogP contribution in [0.1, 0.15) is 11.1 Å². The number of nitriles is 1. The number of ether oxygens (including phenoxy) is 2. The summed E-state index contributed by atoms with van der Waals surface area (Å²) in [6.07, 6.45) is 0. The molecular weight excluding hydrogens is 240 g/mol. The summed E-state index contributed by atoms with van der Waals surface area (Å²) in [7, 11) is 1.56. The van der Waals surface area contributed by atoms with Gasteiger partial charge in [-0.05, 0) is 18.2 Å². The first-order valence-corrected chi connectivity index (χ1v) is 5.79. The van der Waals surface area contributed by atoms with Gasteiger partial charge in [0.05, 0.1) is 24.4 Å². The average Bonchev–Trinajstić information content (AvgIpc) is 2.45. The molecule has 0 aliphatic rings. The number of hydrogen-bond acceptors (Lipinski definition) is 4. The Morgan fingerprint density at radius 3 is 2.68 bits per heavy atom. The van der Waals surface area contributed by atoms with E-state index in [0.717, 1.165) is 5.56 Å². The van der Waals surface area contributed by atoms with Crippen LogP contribution in [0.4, 0.5) is 5.69 Å². The first kappa shape index (κ1) is 12.8. The molecule has 96 valence electrons. The summed E-state index contributed by atoms with van der Waals surface area (Å²) in [4.78, 5) is 0. The van der Waals surface area contributed by atoms with E-state index in [1.807, 2.05) is 18.2 Å². The number of nitrogens with two attached hydrogens (primary N) is 1. The predicted octanol–water partition coefficient (Wildman–Crippen LogP) is 2.73. The van der Waals surface area contributed by atoms with Gasteiger partial charge in [-0.25, -0.2) is 0 Å². The molecule has 19 heavy (non-hydrogen) atoms. The monoisotopic (exact) mass is 254 g/mol. The van der Waals surface area contributed by atoms with E-state index in [1.165, 1.54) is 0 Å². The molecule has 0 heterocycles. The van der Waals surface area contributed by atoms with Crippen LogP contribution >= 0.6 is 0 Å². The van der Waals surface area contributed by atoms with Gasteiger partial charge in [0.1, 0.15) is 18.1 Å². The minimum atomic E-state index is 0.329. The Balaban J connectivity index is 2.11. The van der Waals surface area contributed by atoms with Crippen LogP contribution in [0.25, 0.3) is 0 Å². The molecule has 0 aliphatic carbocycles. The molecular formula is C15H14N2O2. The number of nitrogen functional groups attached to an aromatic ring is 1. The number of nitrogens with zero attached hydrogens (tertiary/aromatic N) is 1. The van der Waals surface area contributed by atoms with E-state index in [9.17, 15) is 0 Å². The third kappa shape index (κ3) is 2.96. The van der Waals surface area contributed by atoms with Crippen LogP contribution in [-0.2, 0) is 6.61 Å². The number of hydrogen-bond donors (Lipinski definition) is 1. The van der Waals surface area contributed by atoms with Crippen molar-refractivity contribution in [1.29, 1.82) is 5.26 Å². The lowest BCUT2D eigenvalue weighted by Gasteiger charge is -2.10. The zero-order valence-electron chi connectivity index (χ0n) is 10.6. The number of anilines is 1. The van der Waals surface area contributed by atoms with E-state index >= 15 is 0 Å². The quantitative estimate of drug-likeness (QED) is 0.852. The molecule has 2 aromatic carbocycles. The lowest BCUT2D eigenvalue weighted by atomic mass is 10.1. The van der Waals surface area contributed by atoms with E-state index in [0.29, 0.717) is 29.4 Å². The fourth-order valence-corrected chi connectivity index (χ4v) is 1.72. The van der Waals surface area contributed by atoms with Gasteiger partial charge >= 0.3 is 0 Å². The van der Waals surface area contributed by atoms with Gasteiger partial charge in [-0.2, -0.15) is 5.26 Å². The second-order valence-electron chi connectivity index (χ2n) is 3.96. The normalized spacial score (nSPS) is 9.68. The molecule has 2 rings (SSSR count). The van der Waals surface area contributed by atoms with Gasteiger partial charge in [0, 0.05) is 11.6 Å². The summed E-state index contributed by atoms with van der Waals surface area (Å²) in [6.45, 7) is 0.329. The maximum atomic E-state index is 8.99. The van der Waals surface area contributed by atoms with Crippen LogP contribution in [0.15, 0.2) is 42.5 Å². The third-order valence-corrected chi connectivity index (χ3v) is 2.73. The minimum Gasteiger partial charge on any atom is -0.495 e. The van der Waals surface area contributed by atoms with E-state index in [4.69, 9.17) is 20.5 Å². The maximum Gasteiger partial charge on any atom is 0.142 e. The summed E-state index contributed by atoms with van der Waals surface area (Å²) in [5.41, 5.74) is 7.78. The molecule has 0 unspecified atom stereocenters. The Morgan fingerprint density at radius 2 is 2.00 bits per heavy atom. The third-order valence-electron chi connectivity index (χ3n) is 2.73. The Hall–Kier alpha value is -2.67. The van der Waals surface area contributed by atoms with Crippen LogP contribution in [0.2, 0.25) is 0 Å². The van der Waals surface area contributed by atoms with Gasteiger partial charge < -0.3 is 15.2 Å². The molecule has 0 aromatic heterocycles. The van der Waals surface area contributed by atoms with Crippen molar-refractivity contribution in [2.75, 3.05) is 12.8 Å². The largest absolute Gasteiger partial charge is 0.495 e. The summed E-state index contributed by atoms with van der Waals surface area (Å²) in [5, 5.41) is 8.99. The molecule has 0 spiro atoms. The highest BCUT2D eigenvalue weighted by Gasteiger charge is 2.04. The van der Waals surface area contributed by atoms with Crippen LogP contribution in [-0.4, -0.2) is 7.11 Å². The molecule has 0 amide bonds. The second-order valence-corrected chi connectivity index (χ2v) is 3.96. The summed E-state index contributed by atoms with van der Waals surface area (Å²) in [5.74, 6) is 1.26. The fraction of sp³-hybridized carbons (Fsp3) is 0.133. The molecule has 2 N–H and O–H groups in total. The van der Waals surface area contributed by atoms with Gasteiger partial charge in [-0.15, -0.1) is 0 Å². The zero-order chi connectivity index (χ0) is 13.7. The molecule has 0 bridgehead atoms. The Labute approximate surface area is 112 Å². The fourth-order valence-electron chi connectivity index (χ4n) is 1.72. The smallest absolute Gasteiger partial charge is 0.142 e. The van der Waals surface area contributed by atoms with Crippen LogP contribution < -0.4 is 15.2 Å². The summed E-state index contributed by atoms with van der Waals surface area (Å²) >= 11 is 0. The highest BCUT2D eigenvalue weighted by Crippen LogP contribution is 2.26. The average molecular weight is 254 g/mol. The SMILES string of the molecule is COc1ccc(OCc2ccccc2C#N)cc1N. The minimum absolute atomic E-state index is 0.329. The van der Waals surface area contributed by atoms with Gasteiger partial charge in [-0.3, -0.25) is 0 Å². The number of benzene rings is 2. The van der Waals surface area contributed by atoms with Crippen molar-refractivity contribution in [3.05, 3.63) is 53.6 Å². The van der Waals surface area contributed by atoms with Crippen molar-refractivity contribution in [2.45, 2.75) is 6.61 Å². The number of methoxy groups -OCH3 is 1. The topological polar surface area (TPSA) is 68.3 Å². The first-order chi connectivity index (χ1) is 9.24. The molecule has 4 nitrogen and oxygen atoms in total. The van der Waals surface area contributed by atoms with E-state index < -0.39 is 0 Å². The highest BCUT2D eigenvalue weighted by atomic mass is 16.5. The lowest BCUT2D eigenvalue weighted by Crippen LogP contribution is -1.99. The molecule has 0 atom stereocenters. The van der Waals surface area contributed by atoms with Gasteiger partial charge in [0.25, 0.3) is 0 Å². The Kier molecular flexibility index (Phi) is 3.89. The first-order valence-electron chi connectivity index (χ1n) is 5.79. The number of rotatable bonds is 4. The lowest BCUT2D eigenvalue weighted by molar-refractivity contribution is 0.305. The molecule has 0 radical (unpaired) electrons. The van der Waals surface area contributed by atoms with Gasteiger partial charge in [-0.1, -0.05) is 18.2 Å². The van der Waals surface area contributed by atoms with Gasteiger partial charge in [0.2, 0.25) is 0 Å². The molecule has 0 saturated carbocycles. The molecule has 0 aliphatic heterocycles. The molecule has 2 aromatic rings. The van der Waals surface area contributed by atoms with E-state index in [2.05, 4.69) is 6.07 Å². The zero-order valence-corrected chi connectivity index (χ0v) is 10.6. The predicted molar refractivity (Wildman–Crippen MR) is 72.9 cm³/mol. The van der Waals surface area contributed by atoms with Gasteiger partial charge in [0.15, 0.2) is 0 Å².